The number of anilines is 1. The molecule has 0 radical (unpaired) electrons. The zero-order valence-electron chi connectivity index (χ0n) is 16.3. The lowest BCUT2D eigenvalue weighted by Crippen LogP contribution is -2.13. The second kappa shape index (κ2) is 8.22. The minimum Gasteiger partial charge on any atom is -0.496 e. The quantitative estimate of drug-likeness (QED) is 0.479. The Labute approximate surface area is 168 Å². The van der Waals surface area contributed by atoms with Crippen molar-refractivity contribution in [1.29, 1.82) is 0 Å². The fourth-order valence-corrected chi connectivity index (χ4v) is 3.34. The van der Waals surface area contributed by atoms with Crippen LogP contribution >= 0.6 is 0 Å². The van der Waals surface area contributed by atoms with Crippen molar-refractivity contribution in [3.05, 3.63) is 78.2 Å². The van der Waals surface area contributed by atoms with Crippen LogP contribution in [-0.2, 0) is 0 Å². The van der Waals surface area contributed by atoms with Crippen molar-refractivity contribution in [3.8, 4) is 17.3 Å². The van der Waals surface area contributed by atoms with Crippen molar-refractivity contribution in [2.45, 2.75) is 19.4 Å². The number of pyridine rings is 1. The number of halogens is 1. The molecule has 1 unspecified atom stereocenters. The highest BCUT2D eigenvalue weighted by molar-refractivity contribution is 5.90. The van der Waals surface area contributed by atoms with E-state index in [0.717, 1.165) is 22.9 Å². The summed E-state index contributed by atoms with van der Waals surface area (Å²) in [4.78, 5) is 13.8. The van der Waals surface area contributed by atoms with E-state index in [1.54, 1.807) is 19.4 Å². The number of methoxy groups -OCH3 is 1. The van der Waals surface area contributed by atoms with Crippen molar-refractivity contribution in [2.24, 2.45) is 0 Å². The molecule has 1 atom stereocenters. The third kappa shape index (κ3) is 3.87. The van der Waals surface area contributed by atoms with E-state index in [1.165, 1.54) is 12.1 Å². The molecule has 6 heteroatoms. The van der Waals surface area contributed by atoms with E-state index in [1.807, 2.05) is 49.4 Å². The van der Waals surface area contributed by atoms with Gasteiger partial charge in [0.25, 0.3) is 0 Å². The Kier molecular flexibility index (Phi) is 5.33. The third-order valence-electron chi connectivity index (χ3n) is 4.78. The summed E-state index contributed by atoms with van der Waals surface area (Å²) in [5.41, 5.74) is 2.25. The zero-order valence-corrected chi connectivity index (χ0v) is 16.3. The largest absolute Gasteiger partial charge is 0.496 e. The first-order valence-electron chi connectivity index (χ1n) is 9.47. The Morgan fingerprint density at radius 3 is 2.62 bits per heavy atom. The summed E-state index contributed by atoms with van der Waals surface area (Å²) in [5.74, 6) is 1.54. The Morgan fingerprint density at radius 1 is 1.03 bits per heavy atom. The van der Waals surface area contributed by atoms with Crippen LogP contribution < -0.4 is 10.1 Å². The number of nitrogens with one attached hydrogen (secondary N) is 1. The van der Waals surface area contributed by atoms with E-state index in [2.05, 4.69) is 15.3 Å². The first-order valence-corrected chi connectivity index (χ1v) is 9.47. The predicted molar refractivity (Wildman–Crippen MR) is 112 cm³/mol. The first-order chi connectivity index (χ1) is 14.2. The molecule has 0 amide bonds. The fourth-order valence-electron chi connectivity index (χ4n) is 3.34. The molecule has 2 heterocycles. The van der Waals surface area contributed by atoms with Gasteiger partial charge in [-0.15, -0.1) is 0 Å². The highest BCUT2D eigenvalue weighted by atomic mass is 19.1. The van der Waals surface area contributed by atoms with Crippen LogP contribution in [0.3, 0.4) is 0 Å². The summed E-state index contributed by atoms with van der Waals surface area (Å²) in [6.45, 7) is 2.03. The van der Waals surface area contributed by atoms with Crippen molar-refractivity contribution in [2.75, 3.05) is 12.4 Å². The molecule has 5 nitrogen and oxygen atoms in total. The summed E-state index contributed by atoms with van der Waals surface area (Å²) in [5, 5.41) is 4.36. The molecule has 0 saturated carbocycles. The molecule has 0 fully saturated rings. The summed E-state index contributed by atoms with van der Waals surface area (Å²) < 4.78 is 19.4. The molecule has 4 rings (SSSR count). The van der Waals surface area contributed by atoms with Gasteiger partial charge < -0.3 is 10.1 Å². The van der Waals surface area contributed by atoms with E-state index in [-0.39, 0.29) is 11.9 Å². The molecule has 146 valence electrons. The highest BCUT2D eigenvalue weighted by Gasteiger charge is 2.18. The Balaban J connectivity index is 1.81. The Hall–Kier alpha value is -3.54. The van der Waals surface area contributed by atoms with E-state index in [0.29, 0.717) is 23.1 Å². The van der Waals surface area contributed by atoms with E-state index >= 15 is 0 Å². The molecule has 0 saturated heterocycles. The van der Waals surface area contributed by atoms with Gasteiger partial charge in [0, 0.05) is 17.1 Å². The zero-order chi connectivity index (χ0) is 20.2. The maximum Gasteiger partial charge on any atom is 0.180 e. The van der Waals surface area contributed by atoms with Gasteiger partial charge in [-0.05, 0) is 48.9 Å². The molecule has 0 aliphatic heterocycles. The van der Waals surface area contributed by atoms with E-state index < -0.39 is 0 Å². The molecule has 2 aromatic carbocycles. The SMILES string of the molecule is CCC(Nc1nc(-c2ccccn2)nc2ccccc12)c1cc(F)ccc1OC. The van der Waals surface area contributed by atoms with Crippen LogP contribution in [0.5, 0.6) is 5.75 Å². The Morgan fingerprint density at radius 2 is 1.86 bits per heavy atom. The molecular weight excluding hydrogens is 367 g/mol. The van der Waals surface area contributed by atoms with Crippen LogP contribution in [0.25, 0.3) is 22.4 Å². The van der Waals surface area contributed by atoms with Gasteiger partial charge >= 0.3 is 0 Å². The highest BCUT2D eigenvalue weighted by Crippen LogP contribution is 2.33. The number of fused-ring (bicyclic) bond motifs is 1. The van der Waals surface area contributed by atoms with Gasteiger partial charge in [-0.1, -0.05) is 25.1 Å². The minimum atomic E-state index is -0.303. The van der Waals surface area contributed by atoms with Crippen LogP contribution in [0.4, 0.5) is 10.2 Å². The first kappa shape index (κ1) is 18.8. The van der Waals surface area contributed by atoms with Crippen LogP contribution in [0.2, 0.25) is 0 Å². The van der Waals surface area contributed by atoms with Crippen molar-refractivity contribution in [1.82, 2.24) is 15.0 Å². The number of para-hydroxylation sites is 1. The number of aromatic nitrogens is 3. The van der Waals surface area contributed by atoms with Crippen LogP contribution in [0.1, 0.15) is 24.9 Å². The molecule has 4 aromatic rings. The minimum absolute atomic E-state index is 0.185. The number of ether oxygens (including phenoxy) is 1. The molecule has 2 aromatic heterocycles. The molecule has 0 aliphatic rings. The average molecular weight is 388 g/mol. The molecular formula is C23H21FN4O. The number of hydrogen-bond acceptors (Lipinski definition) is 5. The summed E-state index contributed by atoms with van der Waals surface area (Å²) >= 11 is 0. The van der Waals surface area contributed by atoms with Crippen molar-refractivity contribution in [3.63, 3.8) is 0 Å². The van der Waals surface area contributed by atoms with Crippen LogP contribution in [0, 0.1) is 5.82 Å². The average Bonchev–Trinajstić information content (AvgIpc) is 2.77. The lowest BCUT2D eigenvalue weighted by Gasteiger charge is -2.21. The van der Waals surface area contributed by atoms with Crippen molar-refractivity contribution >= 4 is 16.7 Å². The molecule has 0 aliphatic carbocycles. The maximum absolute atomic E-state index is 13.9. The second-order valence-corrected chi connectivity index (χ2v) is 6.62. The van der Waals surface area contributed by atoms with Crippen LogP contribution in [-0.4, -0.2) is 22.1 Å². The second-order valence-electron chi connectivity index (χ2n) is 6.62. The smallest absolute Gasteiger partial charge is 0.180 e. The van der Waals surface area contributed by atoms with Crippen molar-refractivity contribution < 1.29 is 9.13 Å². The maximum atomic E-state index is 13.9. The number of benzene rings is 2. The van der Waals surface area contributed by atoms with E-state index in [4.69, 9.17) is 9.72 Å². The summed E-state index contributed by atoms with van der Waals surface area (Å²) in [6, 6.07) is 17.8. The van der Waals surface area contributed by atoms with Gasteiger partial charge in [0.1, 0.15) is 23.1 Å². The lowest BCUT2D eigenvalue weighted by atomic mass is 10.0. The number of nitrogens with zero attached hydrogens (tertiary/aromatic N) is 3. The normalized spacial score (nSPS) is 12.0. The van der Waals surface area contributed by atoms with Gasteiger partial charge in [-0.2, -0.15) is 0 Å². The van der Waals surface area contributed by atoms with Gasteiger partial charge in [-0.3, -0.25) is 4.98 Å². The molecule has 29 heavy (non-hydrogen) atoms. The third-order valence-corrected chi connectivity index (χ3v) is 4.78. The van der Waals surface area contributed by atoms with Gasteiger partial charge in [0.2, 0.25) is 0 Å². The fraction of sp³-hybridized carbons (Fsp3) is 0.174. The monoisotopic (exact) mass is 388 g/mol. The van der Waals surface area contributed by atoms with E-state index in [9.17, 15) is 4.39 Å². The predicted octanol–water partition coefficient (Wildman–Crippen LogP) is 5.40. The summed E-state index contributed by atoms with van der Waals surface area (Å²) in [7, 11) is 1.59. The van der Waals surface area contributed by atoms with Gasteiger partial charge in [0.15, 0.2) is 5.82 Å². The van der Waals surface area contributed by atoms with Gasteiger partial charge in [-0.25, -0.2) is 14.4 Å². The topological polar surface area (TPSA) is 59.9 Å². The van der Waals surface area contributed by atoms with Crippen LogP contribution in [0.15, 0.2) is 66.9 Å². The van der Waals surface area contributed by atoms with Gasteiger partial charge in [0.05, 0.1) is 18.7 Å². The standard InChI is InChI=1S/C23H21FN4O/c1-3-18(17-14-15(24)11-12-21(17)29-2)26-22-16-8-4-5-9-19(16)27-23(28-22)20-10-6-7-13-25-20/h4-14,18H,3H2,1-2H3,(H,26,27,28). The molecule has 0 bridgehead atoms. The number of hydrogen-bond donors (Lipinski definition) is 1. The lowest BCUT2D eigenvalue weighted by molar-refractivity contribution is 0.405. The molecule has 0 spiro atoms. The number of rotatable bonds is 6. The Bertz CT molecular complexity index is 1130. The molecule has 1 N–H and O–H groups in total. The summed E-state index contributed by atoms with van der Waals surface area (Å²) in [6.07, 6.45) is 2.44.